The Labute approximate surface area is 199 Å². The fourth-order valence-electron chi connectivity index (χ4n) is 4.14. The molecule has 0 aromatic heterocycles. The number of amides is 1. The number of alkyl halides is 2. The van der Waals surface area contributed by atoms with Crippen molar-refractivity contribution in [2.75, 3.05) is 32.7 Å². The van der Waals surface area contributed by atoms with Gasteiger partial charge in [0.1, 0.15) is 5.75 Å². The molecule has 0 N–H and O–H groups in total. The lowest BCUT2D eigenvalue weighted by Gasteiger charge is -2.34. The molecule has 1 aliphatic rings. The third-order valence-corrected chi connectivity index (χ3v) is 6.08. The fourth-order valence-corrected chi connectivity index (χ4v) is 4.14. The van der Waals surface area contributed by atoms with Gasteiger partial charge in [0.25, 0.3) is 5.91 Å². The fraction of sp³-hybridized carbons (Fsp3) is 0.250. The number of piperazine rings is 1. The number of hydrogen-bond acceptors (Lipinski definition) is 3. The first-order valence-corrected chi connectivity index (χ1v) is 11.5. The van der Waals surface area contributed by atoms with E-state index in [9.17, 15) is 13.6 Å². The van der Waals surface area contributed by atoms with Gasteiger partial charge < -0.3 is 14.5 Å². The maximum Gasteiger partial charge on any atom is 0.387 e. The Balaban J connectivity index is 1.70. The highest BCUT2D eigenvalue weighted by molar-refractivity contribution is 6.24. The molecule has 4 rings (SSSR count). The van der Waals surface area contributed by atoms with Crippen molar-refractivity contribution in [2.45, 2.75) is 13.5 Å². The van der Waals surface area contributed by atoms with Crippen LogP contribution in [0.15, 0.2) is 78.9 Å². The second-order valence-electron chi connectivity index (χ2n) is 8.14. The van der Waals surface area contributed by atoms with E-state index in [2.05, 4.69) is 11.8 Å². The second-order valence-corrected chi connectivity index (χ2v) is 8.14. The largest absolute Gasteiger partial charge is 0.434 e. The van der Waals surface area contributed by atoms with Gasteiger partial charge >= 0.3 is 6.61 Å². The molecule has 176 valence electrons. The zero-order valence-electron chi connectivity index (χ0n) is 19.2. The molecular formula is C28H28F2N2O2. The highest BCUT2D eigenvalue weighted by Gasteiger charge is 2.24. The number of carbonyl (C=O) groups excluding carboxylic acids is 1. The topological polar surface area (TPSA) is 32.8 Å². The van der Waals surface area contributed by atoms with Crippen molar-refractivity contribution in [1.82, 2.24) is 9.80 Å². The van der Waals surface area contributed by atoms with Crippen LogP contribution >= 0.6 is 0 Å². The number of para-hydroxylation sites is 1. The van der Waals surface area contributed by atoms with Crippen molar-refractivity contribution in [3.63, 3.8) is 0 Å². The summed E-state index contributed by atoms with van der Waals surface area (Å²) < 4.78 is 30.6. The first-order chi connectivity index (χ1) is 16.5. The zero-order valence-corrected chi connectivity index (χ0v) is 19.2. The first-order valence-electron chi connectivity index (χ1n) is 11.5. The van der Waals surface area contributed by atoms with Gasteiger partial charge in [0.05, 0.1) is 0 Å². The molecule has 0 atom stereocenters. The van der Waals surface area contributed by atoms with Gasteiger partial charge in [0, 0.05) is 37.3 Å². The van der Waals surface area contributed by atoms with Crippen LogP contribution in [0.2, 0.25) is 0 Å². The number of rotatable bonds is 7. The standard InChI is InChI=1S/C28H28F2N2O2/c1-2-31-16-18-32(19-17-31)27(33)25(20-24-10-6-7-11-26(24)34-28(29)30)23-14-12-22(13-15-23)21-8-4-3-5-9-21/h3-15,20,28H,2,16-19H2,1H3. The van der Waals surface area contributed by atoms with Gasteiger partial charge in [-0.15, -0.1) is 0 Å². The van der Waals surface area contributed by atoms with E-state index in [1.54, 1.807) is 24.3 Å². The molecule has 1 amide bonds. The zero-order chi connectivity index (χ0) is 23.9. The minimum absolute atomic E-state index is 0.0412. The number of carbonyl (C=O) groups is 1. The monoisotopic (exact) mass is 462 g/mol. The molecule has 0 aliphatic carbocycles. The Kier molecular flexibility index (Phi) is 7.70. The van der Waals surface area contributed by atoms with Crippen LogP contribution in [0.5, 0.6) is 5.75 Å². The average Bonchev–Trinajstić information content (AvgIpc) is 2.88. The molecule has 0 radical (unpaired) electrons. The summed E-state index contributed by atoms with van der Waals surface area (Å²) in [6, 6.07) is 24.3. The van der Waals surface area contributed by atoms with E-state index in [4.69, 9.17) is 4.74 Å². The lowest BCUT2D eigenvalue weighted by atomic mass is 9.97. The molecule has 0 bridgehead atoms. The van der Waals surface area contributed by atoms with Gasteiger partial charge in [-0.1, -0.05) is 79.7 Å². The van der Waals surface area contributed by atoms with Crippen LogP contribution in [-0.4, -0.2) is 55.0 Å². The number of benzene rings is 3. The van der Waals surface area contributed by atoms with Gasteiger partial charge in [0.15, 0.2) is 0 Å². The van der Waals surface area contributed by atoms with Crippen molar-refractivity contribution >= 4 is 17.6 Å². The predicted octanol–water partition coefficient (Wildman–Crippen LogP) is 5.66. The average molecular weight is 463 g/mol. The summed E-state index contributed by atoms with van der Waals surface area (Å²) in [4.78, 5) is 17.8. The summed E-state index contributed by atoms with van der Waals surface area (Å²) in [6.07, 6.45) is 1.66. The minimum atomic E-state index is -2.94. The predicted molar refractivity (Wildman–Crippen MR) is 132 cm³/mol. The smallest absolute Gasteiger partial charge is 0.387 e. The second kappa shape index (κ2) is 11.1. The molecule has 1 saturated heterocycles. The number of hydrogen-bond donors (Lipinski definition) is 0. The Morgan fingerprint density at radius 1 is 0.882 bits per heavy atom. The molecule has 4 nitrogen and oxygen atoms in total. The van der Waals surface area contributed by atoms with Crippen molar-refractivity contribution in [3.05, 3.63) is 90.0 Å². The van der Waals surface area contributed by atoms with E-state index >= 15 is 0 Å². The van der Waals surface area contributed by atoms with E-state index in [0.717, 1.165) is 36.3 Å². The molecule has 0 saturated carbocycles. The Morgan fingerprint density at radius 2 is 1.50 bits per heavy atom. The van der Waals surface area contributed by atoms with Crippen molar-refractivity contribution in [2.24, 2.45) is 0 Å². The van der Waals surface area contributed by atoms with Gasteiger partial charge in [-0.2, -0.15) is 8.78 Å². The van der Waals surface area contributed by atoms with Gasteiger partial charge in [-0.3, -0.25) is 4.79 Å². The number of likely N-dealkylation sites (N-methyl/N-ethyl adjacent to an activating group) is 1. The van der Waals surface area contributed by atoms with E-state index in [1.807, 2.05) is 59.5 Å². The van der Waals surface area contributed by atoms with Crippen LogP contribution in [0.4, 0.5) is 8.78 Å². The summed E-state index contributed by atoms with van der Waals surface area (Å²) in [6.45, 7) is 2.99. The van der Waals surface area contributed by atoms with Crippen molar-refractivity contribution < 1.29 is 18.3 Å². The lowest BCUT2D eigenvalue weighted by molar-refractivity contribution is -0.126. The lowest BCUT2D eigenvalue weighted by Crippen LogP contribution is -2.48. The molecule has 6 heteroatoms. The van der Waals surface area contributed by atoms with Gasteiger partial charge in [-0.25, -0.2) is 0 Å². The first kappa shape index (κ1) is 23.6. The molecule has 1 aliphatic heterocycles. The SMILES string of the molecule is CCN1CCN(C(=O)C(=Cc2ccccc2OC(F)F)c2ccc(-c3ccccc3)cc2)CC1. The van der Waals surface area contributed by atoms with E-state index in [1.165, 1.54) is 6.07 Å². The summed E-state index contributed by atoms with van der Waals surface area (Å²) >= 11 is 0. The van der Waals surface area contributed by atoms with Crippen LogP contribution in [0.25, 0.3) is 22.8 Å². The maximum absolute atomic E-state index is 13.6. The third kappa shape index (κ3) is 5.69. The van der Waals surface area contributed by atoms with Gasteiger partial charge in [0.2, 0.25) is 0 Å². The molecule has 0 unspecified atom stereocenters. The minimum Gasteiger partial charge on any atom is -0.434 e. The van der Waals surface area contributed by atoms with Crippen LogP contribution in [0.3, 0.4) is 0 Å². The van der Waals surface area contributed by atoms with Crippen molar-refractivity contribution in [1.29, 1.82) is 0 Å². The van der Waals surface area contributed by atoms with Crippen LogP contribution in [0.1, 0.15) is 18.1 Å². The quantitative estimate of drug-likeness (QED) is 0.336. The normalized spacial score (nSPS) is 14.9. The highest BCUT2D eigenvalue weighted by atomic mass is 19.3. The molecule has 3 aromatic carbocycles. The van der Waals surface area contributed by atoms with Gasteiger partial charge in [-0.05, 0) is 35.4 Å². The molecular weight excluding hydrogens is 434 g/mol. The van der Waals surface area contributed by atoms with E-state index < -0.39 is 6.61 Å². The molecule has 1 heterocycles. The number of ether oxygens (including phenoxy) is 1. The van der Waals surface area contributed by atoms with Crippen LogP contribution in [0, 0.1) is 0 Å². The number of nitrogens with zero attached hydrogens (tertiary/aromatic N) is 2. The molecule has 1 fully saturated rings. The maximum atomic E-state index is 13.6. The van der Waals surface area contributed by atoms with Crippen LogP contribution < -0.4 is 4.74 Å². The highest BCUT2D eigenvalue weighted by Crippen LogP contribution is 2.29. The van der Waals surface area contributed by atoms with Crippen molar-refractivity contribution in [3.8, 4) is 16.9 Å². The molecule has 3 aromatic rings. The van der Waals surface area contributed by atoms with E-state index in [0.29, 0.717) is 24.2 Å². The summed E-state index contributed by atoms with van der Waals surface area (Å²) in [5.41, 5.74) is 3.74. The number of halogens is 2. The van der Waals surface area contributed by atoms with E-state index in [-0.39, 0.29) is 11.7 Å². The Bertz CT molecular complexity index is 1120. The third-order valence-electron chi connectivity index (χ3n) is 6.08. The van der Waals surface area contributed by atoms with Crippen LogP contribution in [-0.2, 0) is 4.79 Å². The Hall–Kier alpha value is -3.51. The molecule has 34 heavy (non-hydrogen) atoms. The summed E-state index contributed by atoms with van der Waals surface area (Å²) in [7, 11) is 0. The summed E-state index contributed by atoms with van der Waals surface area (Å²) in [5.74, 6) is -0.0745. The summed E-state index contributed by atoms with van der Waals surface area (Å²) in [5, 5.41) is 0. The Morgan fingerprint density at radius 3 is 2.15 bits per heavy atom. The molecule has 0 spiro atoms.